The summed E-state index contributed by atoms with van der Waals surface area (Å²) in [6, 6.07) is 23.3. The Morgan fingerprint density at radius 3 is 2.31 bits per heavy atom. The van der Waals surface area contributed by atoms with Gasteiger partial charge in [0.2, 0.25) is 0 Å². The van der Waals surface area contributed by atoms with E-state index in [-0.39, 0.29) is 23.7 Å². The molecule has 6 rings (SSSR count). The molecule has 39 heavy (non-hydrogen) atoms. The van der Waals surface area contributed by atoms with Crippen LogP contribution in [0.2, 0.25) is 0 Å². The number of amidine groups is 1. The number of benzene rings is 2. The first-order valence-corrected chi connectivity index (χ1v) is 13.6. The van der Waals surface area contributed by atoms with Crippen molar-refractivity contribution in [3.63, 3.8) is 0 Å². The van der Waals surface area contributed by atoms with Crippen LogP contribution >= 0.6 is 0 Å². The summed E-state index contributed by atoms with van der Waals surface area (Å²) in [5.74, 6) is 0.956. The number of carbonyl (C=O) groups is 1. The van der Waals surface area contributed by atoms with Crippen LogP contribution in [0, 0.1) is 0 Å². The van der Waals surface area contributed by atoms with Crippen molar-refractivity contribution in [3.05, 3.63) is 120 Å². The van der Waals surface area contributed by atoms with Crippen molar-refractivity contribution in [3.8, 4) is 0 Å². The van der Waals surface area contributed by atoms with Crippen molar-refractivity contribution >= 4 is 17.5 Å². The van der Waals surface area contributed by atoms with Gasteiger partial charge < -0.3 is 15.0 Å². The molecule has 6 nitrogen and oxygen atoms in total. The van der Waals surface area contributed by atoms with Crippen LogP contribution in [0.25, 0.3) is 5.57 Å². The number of pyridine rings is 1. The lowest BCUT2D eigenvalue weighted by Crippen LogP contribution is -2.52. The Morgan fingerprint density at radius 2 is 1.67 bits per heavy atom. The second kappa shape index (κ2) is 9.84. The summed E-state index contributed by atoms with van der Waals surface area (Å²) < 4.78 is 5.56. The molecule has 3 heterocycles. The maximum atomic E-state index is 12.6. The molecule has 0 saturated heterocycles. The fourth-order valence-electron chi connectivity index (χ4n) is 5.69. The number of nitrogens with one attached hydrogen (secondary N) is 1. The number of allylic oxidation sites excluding steroid dienone is 2. The van der Waals surface area contributed by atoms with Gasteiger partial charge in [0, 0.05) is 18.6 Å². The molecule has 2 unspecified atom stereocenters. The Morgan fingerprint density at radius 1 is 0.949 bits per heavy atom. The van der Waals surface area contributed by atoms with Gasteiger partial charge in [-0.05, 0) is 92.1 Å². The molecule has 1 aromatic heterocycles. The van der Waals surface area contributed by atoms with Gasteiger partial charge in [0.1, 0.15) is 17.5 Å². The normalized spacial score (nSPS) is 21.4. The molecule has 2 atom stereocenters. The fourth-order valence-corrected chi connectivity index (χ4v) is 5.69. The Hall–Kier alpha value is -4.19. The molecule has 1 amide bonds. The number of ether oxygens (including phenoxy) is 1. The average molecular weight is 519 g/mol. The first-order chi connectivity index (χ1) is 18.8. The summed E-state index contributed by atoms with van der Waals surface area (Å²) in [6.07, 6.45) is 12.6. The number of alkyl carbamates (subject to hydrolysis) is 1. The van der Waals surface area contributed by atoms with E-state index in [1.165, 1.54) is 5.56 Å². The fraction of sp³-hybridized carbons (Fsp3) is 0.303. The van der Waals surface area contributed by atoms with E-state index in [0.29, 0.717) is 0 Å². The van der Waals surface area contributed by atoms with Gasteiger partial charge in [-0.25, -0.2) is 4.79 Å². The molecule has 198 valence electrons. The molecule has 1 N–H and O–H groups in total. The van der Waals surface area contributed by atoms with E-state index in [9.17, 15) is 4.79 Å². The number of aromatic nitrogens is 1. The Bertz CT molecular complexity index is 1430. The highest BCUT2D eigenvalue weighted by atomic mass is 16.6. The Balaban J connectivity index is 1.30. The van der Waals surface area contributed by atoms with E-state index in [4.69, 9.17) is 9.73 Å². The number of hydrogen-bond donors (Lipinski definition) is 1. The summed E-state index contributed by atoms with van der Waals surface area (Å²) in [5, 5.41) is 3.17. The lowest BCUT2D eigenvalue weighted by molar-refractivity contribution is 0.0377. The van der Waals surface area contributed by atoms with Crippen molar-refractivity contribution in [2.45, 2.75) is 63.3 Å². The van der Waals surface area contributed by atoms with Crippen molar-refractivity contribution in [2.75, 3.05) is 0 Å². The van der Waals surface area contributed by atoms with Crippen molar-refractivity contribution in [2.24, 2.45) is 4.99 Å². The predicted octanol–water partition coefficient (Wildman–Crippen LogP) is 7.09. The lowest BCUT2D eigenvalue weighted by atomic mass is 9.71. The molecule has 1 saturated carbocycles. The van der Waals surface area contributed by atoms with Gasteiger partial charge in [-0.15, -0.1) is 0 Å². The third-order valence-corrected chi connectivity index (χ3v) is 7.73. The number of nitrogens with zero attached hydrogens (tertiary/aromatic N) is 3. The molecule has 3 aromatic rings. The maximum Gasteiger partial charge on any atom is 0.408 e. The predicted molar refractivity (Wildman–Crippen MR) is 154 cm³/mol. The Labute approximate surface area is 230 Å². The minimum Gasteiger partial charge on any atom is -0.444 e. The van der Waals surface area contributed by atoms with E-state index in [1.807, 2.05) is 51.4 Å². The second-order valence-electron chi connectivity index (χ2n) is 11.5. The van der Waals surface area contributed by atoms with Gasteiger partial charge in [0.15, 0.2) is 0 Å². The molecule has 0 bridgehead atoms. The SMILES string of the molecule is CC(C)(C)OC(=O)NC1(c2ccc(C3N=C4C=CC(c5ccncc5)=CN4C3c3ccccc3)cc2)CCC1. The van der Waals surface area contributed by atoms with Gasteiger partial charge in [-0.1, -0.05) is 54.6 Å². The lowest BCUT2D eigenvalue weighted by Gasteiger charge is -2.43. The average Bonchev–Trinajstić information content (AvgIpc) is 3.30. The van der Waals surface area contributed by atoms with Gasteiger partial charge in [0.05, 0.1) is 11.6 Å². The van der Waals surface area contributed by atoms with Crippen LogP contribution in [0.5, 0.6) is 0 Å². The van der Waals surface area contributed by atoms with Crippen molar-refractivity contribution in [1.82, 2.24) is 15.2 Å². The largest absolute Gasteiger partial charge is 0.444 e. The van der Waals surface area contributed by atoms with Gasteiger partial charge in [-0.2, -0.15) is 0 Å². The maximum absolute atomic E-state index is 12.6. The summed E-state index contributed by atoms with van der Waals surface area (Å²) in [4.78, 5) is 24.3. The quantitative estimate of drug-likeness (QED) is 0.391. The summed E-state index contributed by atoms with van der Waals surface area (Å²) >= 11 is 0. The molecule has 0 spiro atoms. The van der Waals surface area contributed by atoms with Crippen LogP contribution in [-0.2, 0) is 10.3 Å². The number of fused-ring (bicyclic) bond motifs is 1. The van der Waals surface area contributed by atoms with E-state index >= 15 is 0 Å². The summed E-state index contributed by atoms with van der Waals surface area (Å²) in [5.41, 5.74) is 4.84. The first-order valence-electron chi connectivity index (χ1n) is 13.6. The topological polar surface area (TPSA) is 66.8 Å². The third-order valence-electron chi connectivity index (χ3n) is 7.73. The van der Waals surface area contributed by atoms with Crippen molar-refractivity contribution in [1.29, 1.82) is 0 Å². The van der Waals surface area contributed by atoms with E-state index in [2.05, 4.69) is 82.1 Å². The van der Waals surface area contributed by atoms with Crippen LogP contribution < -0.4 is 5.32 Å². The zero-order valence-electron chi connectivity index (χ0n) is 22.7. The smallest absolute Gasteiger partial charge is 0.408 e. The van der Waals surface area contributed by atoms with Gasteiger partial charge in [-0.3, -0.25) is 9.98 Å². The minimum absolute atomic E-state index is 0.0337. The molecule has 3 aliphatic rings. The molecule has 0 radical (unpaired) electrons. The number of amides is 1. The molecule has 2 aromatic carbocycles. The summed E-state index contributed by atoms with van der Waals surface area (Å²) in [6.45, 7) is 5.66. The highest BCUT2D eigenvalue weighted by Gasteiger charge is 2.42. The van der Waals surface area contributed by atoms with Crippen LogP contribution in [0.4, 0.5) is 4.79 Å². The monoisotopic (exact) mass is 518 g/mol. The zero-order chi connectivity index (χ0) is 27.0. The molecule has 1 fully saturated rings. The third kappa shape index (κ3) is 4.99. The molecule has 2 aliphatic heterocycles. The number of aliphatic imine (C=N–C) groups is 1. The molecule has 1 aliphatic carbocycles. The zero-order valence-corrected chi connectivity index (χ0v) is 22.7. The van der Waals surface area contributed by atoms with Gasteiger partial charge in [0.25, 0.3) is 0 Å². The van der Waals surface area contributed by atoms with Crippen molar-refractivity contribution < 1.29 is 9.53 Å². The first kappa shape index (κ1) is 25.1. The summed E-state index contributed by atoms with van der Waals surface area (Å²) in [7, 11) is 0. The molecule has 6 heteroatoms. The number of rotatable bonds is 5. The minimum atomic E-state index is -0.529. The van der Waals surface area contributed by atoms with Crippen LogP contribution in [0.1, 0.15) is 74.4 Å². The number of carbonyl (C=O) groups excluding carboxylic acids is 1. The Kier molecular flexibility index (Phi) is 6.34. The van der Waals surface area contributed by atoms with E-state index in [0.717, 1.165) is 47.4 Å². The second-order valence-corrected chi connectivity index (χ2v) is 11.5. The van der Waals surface area contributed by atoms with E-state index in [1.54, 1.807) is 0 Å². The van der Waals surface area contributed by atoms with E-state index < -0.39 is 5.60 Å². The van der Waals surface area contributed by atoms with Crippen LogP contribution in [0.3, 0.4) is 0 Å². The highest BCUT2D eigenvalue weighted by molar-refractivity contribution is 6.01. The van der Waals surface area contributed by atoms with Crippen LogP contribution in [-0.4, -0.2) is 27.4 Å². The molecular weight excluding hydrogens is 484 g/mol. The standard InChI is InChI=1S/C33H34N4O2/c1-32(2,3)39-31(38)36-33(18-7-19-33)27-13-10-24(11-14-27)29-30(25-8-5-4-6-9-25)37-22-26(12-15-28(37)35-29)23-16-20-34-21-17-23/h4-6,8-17,20-22,29-30H,7,18-19H2,1-3H3,(H,36,38). The highest BCUT2D eigenvalue weighted by Crippen LogP contribution is 2.46. The molecular formula is C33H34N4O2. The van der Waals surface area contributed by atoms with Gasteiger partial charge >= 0.3 is 6.09 Å². The number of hydrogen-bond acceptors (Lipinski definition) is 5. The van der Waals surface area contributed by atoms with Crippen LogP contribution in [0.15, 0.2) is 102 Å².